The van der Waals surface area contributed by atoms with E-state index in [1.165, 1.54) is 17.5 Å². The van der Waals surface area contributed by atoms with E-state index in [0.29, 0.717) is 12.5 Å². The molecule has 2 aromatic carbocycles. The number of benzene rings is 2. The van der Waals surface area contributed by atoms with Gasteiger partial charge in [-0.05, 0) is 49.0 Å². The first kappa shape index (κ1) is 16.9. The van der Waals surface area contributed by atoms with Gasteiger partial charge < -0.3 is 4.90 Å². The summed E-state index contributed by atoms with van der Waals surface area (Å²) in [6.45, 7) is 6.62. The largest absolute Gasteiger partial charge is 0.301 e. The van der Waals surface area contributed by atoms with Crippen LogP contribution in [0.3, 0.4) is 0 Å². The van der Waals surface area contributed by atoms with Gasteiger partial charge in [0.15, 0.2) is 5.78 Å². The van der Waals surface area contributed by atoms with Gasteiger partial charge in [-0.15, -0.1) is 0 Å². The lowest BCUT2D eigenvalue weighted by atomic mass is 9.83. The van der Waals surface area contributed by atoms with Crippen molar-refractivity contribution in [2.45, 2.75) is 45.6 Å². The number of Topliss-reactive ketones (excluding diaryl/α,β-unsaturated/α-hetero) is 1. The van der Waals surface area contributed by atoms with Crippen LogP contribution < -0.4 is 0 Å². The van der Waals surface area contributed by atoms with Crippen molar-refractivity contribution in [1.29, 1.82) is 0 Å². The van der Waals surface area contributed by atoms with Gasteiger partial charge in [-0.3, -0.25) is 4.79 Å². The molecule has 1 aliphatic rings. The second-order valence-electron chi connectivity index (χ2n) is 6.65. The first-order valence-corrected chi connectivity index (χ1v) is 9.14. The van der Waals surface area contributed by atoms with Crippen LogP contribution in [0, 0.1) is 0 Å². The number of fused-ring (bicyclic) bond motifs is 1. The molecule has 2 nitrogen and oxygen atoms in total. The first-order valence-electron chi connectivity index (χ1n) is 9.14. The van der Waals surface area contributed by atoms with Crippen molar-refractivity contribution >= 4 is 5.78 Å². The number of aryl methyl sites for hydroxylation is 1. The third-order valence-corrected chi connectivity index (χ3v) is 5.30. The average molecular weight is 321 g/mol. The second kappa shape index (κ2) is 7.76. The molecule has 126 valence electrons. The standard InChI is InChI=1S/C22H27NO/c1-3-23(4-2)19-14-13-18-11-8-12-20(21(18)16-19)22(24)15-17-9-6-5-7-10-17/h5-12,19H,3-4,13-16H2,1-2H3. The van der Waals surface area contributed by atoms with E-state index in [9.17, 15) is 4.79 Å². The molecule has 1 atom stereocenters. The van der Waals surface area contributed by atoms with E-state index in [1.54, 1.807) is 0 Å². The monoisotopic (exact) mass is 321 g/mol. The van der Waals surface area contributed by atoms with Crippen molar-refractivity contribution in [2.75, 3.05) is 13.1 Å². The Morgan fingerprint density at radius 2 is 1.79 bits per heavy atom. The average Bonchev–Trinajstić information content (AvgIpc) is 2.63. The van der Waals surface area contributed by atoms with Crippen molar-refractivity contribution in [2.24, 2.45) is 0 Å². The van der Waals surface area contributed by atoms with Gasteiger partial charge in [-0.2, -0.15) is 0 Å². The van der Waals surface area contributed by atoms with Gasteiger partial charge in [0, 0.05) is 18.0 Å². The molecule has 2 aromatic rings. The lowest BCUT2D eigenvalue weighted by Gasteiger charge is -2.34. The summed E-state index contributed by atoms with van der Waals surface area (Å²) in [6, 6.07) is 16.9. The molecule has 0 heterocycles. The molecule has 0 bridgehead atoms. The Morgan fingerprint density at radius 3 is 2.50 bits per heavy atom. The van der Waals surface area contributed by atoms with E-state index < -0.39 is 0 Å². The van der Waals surface area contributed by atoms with E-state index in [0.717, 1.165) is 37.1 Å². The highest BCUT2D eigenvalue weighted by Gasteiger charge is 2.26. The minimum absolute atomic E-state index is 0.248. The Balaban J connectivity index is 1.84. The third kappa shape index (κ3) is 3.59. The quantitative estimate of drug-likeness (QED) is 0.739. The van der Waals surface area contributed by atoms with Crippen molar-refractivity contribution in [3.8, 4) is 0 Å². The highest BCUT2D eigenvalue weighted by molar-refractivity contribution is 5.99. The topological polar surface area (TPSA) is 20.3 Å². The van der Waals surface area contributed by atoms with E-state index in [2.05, 4.69) is 30.9 Å². The smallest absolute Gasteiger partial charge is 0.167 e. The fraction of sp³-hybridized carbons (Fsp3) is 0.409. The summed E-state index contributed by atoms with van der Waals surface area (Å²) in [5, 5.41) is 0. The third-order valence-electron chi connectivity index (χ3n) is 5.30. The van der Waals surface area contributed by atoms with Gasteiger partial charge in [-0.25, -0.2) is 0 Å². The second-order valence-corrected chi connectivity index (χ2v) is 6.65. The summed E-state index contributed by atoms with van der Waals surface area (Å²) in [4.78, 5) is 15.4. The van der Waals surface area contributed by atoms with Crippen LogP contribution in [0.25, 0.3) is 0 Å². The zero-order valence-electron chi connectivity index (χ0n) is 14.8. The molecular weight excluding hydrogens is 294 g/mol. The van der Waals surface area contributed by atoms with Crippen LogP contribution in [0.15, 0.2) is 48.5 Å². The molecule has 0 radical (unpaired) electrons. The summed E-state index contributed by atoms with van der Waals surface area (Å²) in [5.74, 6) is 0.248. The van der Waals surface area contributed by atoms with Crippen LogP contribution >= 0.6 is 0 Å². The Morgan fingerprint density at radius 1 is 1.04 bits per heavy atom. The van der Waals surface area contributed by atoms with Crippen molar-refractivity contribution in [3.05, 3.63) is 70.8 Å². The molecule has 1 unspecified atom stereocenters. The zero-order chi connectivity index (χ0) is 16.9. The van der Waals surface area contributed by atoms with Crippen LogP contribution in [-0.2, 0) is 19.3 Å². The number of nitrogens with zero attached hydrogens (tertiary/aromatic N) is 1. The molecular formula is C22H27NO. The summed E-state index contributed by atoms with van der Waals surface area (Å²) in [6.07, 6.45) is 3.79. The number of hydrogen-bond acceptors (Lipinski definition) is 2. The SMILES string of the molecule is CCN(CC)C1CCc2cccc(C(=O)Cc3ccccc3)c2C1. The van der Waals surface area contributed by atoms with Crippen molar-refractivity contribution in [3.63, 3.8) is 0 Å². The molecule has 0 aromatic heterocycles. The van der Waals surface area contributed by atoms with E-state index in [4.69, 9.17) is 0 Å². The molecule has 0 fully saturated rings. The number of rotatable bonds is 6. The molecule has 3 rings (SSSR count). The fourth-order valence-corrected chi connectivity index (χ4v) is 3.96. The Kier molecular flexibility index (Phi) is 5.47. The molecule has 0 N–H and O–H groups in total. The molecule has 0 saturated carbocycles. The van der Waals surface area contributed by atoms with Crippen LogP contribution in [0.4, 0.5) is 0 Å². The first-order chi connectivity index (χ1) is 11.7. The van der Waals surface area contributed by atoms with Gasteiger partial charge in [0.1, 0.15) is 0 Å². The van der Waals surface area contributed by atoms with Crippen molar-refractivity contribution < 1.29 is 4.79 Å². The van der Waals surface area contributed by atoms with E-state index in [-0.39, 0.29) is 5.78 Å². The molecule has 1 aliphatic carbocycles. The normalized spacial score (nSPS) is 16.9. The van der Waals surface area contributed by atoms with Gasteiger partial charge in [0.2, 0.25) is 0 Å². The number of hydrogen-bond donors (Lipinski definition) is 0. The predicted molar refractivity (Wildman–Crippen MR) is 99.7 cm³/mol. The summed E-state index contributed by atoms with van der Waals surface area (Å²) in [5.41, 5.74) is 4.70. The van der Waals surface area contributed by atoms with Crippen LogP contribution in [0.2, 0.25) is 0 Å². The maximum atomic E-state index is 12.9. The Labute approximate surface area is 145 Å². The minimum Gasteiger partial charge on any atom is -0.301 e. The number of carbonyl (C=O) groups excluding carboxylic acids is 1. The lowest BCUT2D eigenvalue weighted by Crippen LogP contribution is -2.39. The zero-order valence-corrected chi connectivity index (χ0v) is 14.8. The Hall–Kier alpha value is -1.93. The summed E-state index contributed by atoms with van der Waals surface area (Å²) < 4.78 is 0. The molecule has 24 heavy (non-hydrogen) atoms. The van der Waals surface area contributed by atoms with E-state index in [1.807, 2.05) is 36.4 Å². The van der Waals surface area contributed by atoms with Gasteiger partial charge in [-0.1, -0.05) is 62.4 Å². The highest BCUT2D eigenvalue weighted by atomic mass is 16.1. The molecule has 0 saturated heterocycles. The van der Waals surface area contributed by atoms with Crippen LogP contribution in [0.5, 0.6) is 0 Å². The fourth-order valence-electron chi connectivity index (χ4n) is 3.96. The molecule has 0 aliphatic heterocycles. The van der Waals surface area contributed by atoms with Gasteiger partial charge >= 0.3 is 0 Å². The van der Waals surface area contributed by atoms with Crippen LogP contribution in [0.1, 0.15) is 47.3 Å². The maximum Gasteiger partial charge on any atom is 0.167 e. The number of likely N-dealkylation sites (N-methyl/N-ethyl adjacent to an activating group) is 1. The molecule has 0 amide bonds. The van der Waals surface area contributed by atoms with E-state index >= 15 is 0 Å². The predicted octanol–water partition coefficient (Wildman–Crippen LogP) is 4.31. The van der Waals surface area contributed by atoms with Crippen LogP contribution in [-0.4, -0.2) is 29.8 Å². The van der Waals surface area contributed by atoms with Gasteiger partial charge in [0.05, 0.1) is 0 Å². The highest BCUT2D eigenvalue weighted by Crippen LogP contribution is 2.28. The van der Waals surface area contributed by atoms with Crippen molar-refractivity contribution in [1.82, 2.24) is 4.90 Å². The molecule has 0 spiro atoms. The van der Waals surface area contributed by atoms with Gasteiger partial charge in [0.25, 0.3) is 0 Å². The maximum absolute atomic E-state index is 12.9. The minimum atomic E-state index is 0.248. The number of ketones is 1. The Bertz CT molecular complexity index is 688. The lowest BCUT2D eigenvalue weighted by molar-refractivity contribution is 0.0990. The molecule has 2 heteroatoms. The summed E-state index contributed by atoms with van der Waals surface area (Å²) >= 11 is 0. The number of carbonyl (C=O) groups is 1. The summed E-state index contributed by atoms with van der Waals surface area (Å²) in [7, 11) is 0.